The van der Waals surface area contributed by atoms with Crippen molar-refractivity contribution in [2.45, 2.75) is 18.1 Å². The first-order valence-electron chi connectivity index (χ1n) is 9.78. The summed E-state index contributed by atoms with van der Waals surface area (Å²) in [6.07, 6.45) is 1.70. The lowest BCUT2D eigenvalue weighted by Crippen LogP contribution is -2.43. The maximum Gasteiger partial charge on any atom is 0.277 e. The molecule has 1 saturated heterocycles. The average molecular weight is 426 g/mol. The van der Waals surface area contributed by atoms with Crippen LogP contribution < -0.4 is 10.2 Å². The van der Waals surface area contributed by atoms with E-state index in [1.54, 1.807) is 6.20 Å². The zero-order valence-electron chi connectivity index (χ0n) is 16.5. The first kappa shape index (κ1) is 18.7. The van der Waals surface area contributed by atoms with Gasteiger partial charge in [0.15, 0.2) is 0 Å². The van der Waals surface area contributed by atoms with Gasteiger partial charge in [0.25, 0.3) is 10.0 Å². The highest BCUT2D eigenvalue weighted by Gasteiger charge is 2.26. The number of hydrogen-bond acceptors (Lipinski definition) is 5. The van der Waals surface area contributed by atoms with E-state index in [0.29, 0.717) is 4.21 Å². The molecule has 1 aliphatic heterocycles. The number of benzene rings is 2. The lowest BCUT2D eigenvalue weighted by molar-refractivity contribution is 0.589. The van der Waals surface area contributed by atoms with Crippen molar-refractivity contribution in [3.8, 4) is 0 Å². The number of aromatic nitrogens is 1. The normalized spacial score (nSPS) is 15.4. The second-order valence-corrected chi connectivity index (χ2v) is 10.6. The van der Waals surface area contributed by atoms with Crippen molar-refractivity contribution in [2.24, 2.45) is 0 Å². The molecule has 0 amide bonds. The number of nitrogens with zero attached hydrogens (tertiary/aromatic N) is 2. The van der Waals surface area contributed by atoms with Gasteiger partial charge in [-0.05, 0) is 49.1 Å². The Morgan fingerprint density at radius 3 is 2.59 bits per heavy atom. The van der Waals surface area contributed by atoms with Crippen molar-refractivity contribution >= 4 is 48.0 Å². The van der Waals surface area contributed by atoms with Crippen LogP contribution in [0.2, 0.25) is 0 Å². The highest BCUT2D eigenvalue weighted by atomic mass is 32.2. The van der Waals surface area contributed by atoms with Crippen molar-refractivity contribution in [3.05, 3.63) is 59.8 Å². The van der Waals surface area contributed by atoms with Crippen molar-refractivity contribution in [2.75, 3.05) is 31.1 Å². The predicted octanol–water partition coefficient (Wildman–Crippen LogP) is 4.12. The van der Waals surface area contributed by atoms with E-state index in [-0.39, 0.29) is 0 Å². The Morgan fingerprint density at radius 2 is 1.79 bits per heavy atom. The van der Waals surface area contributed by atoms with Crippen LogP contribution in [0.15, 0.2) is 52.9 Å². The molecule has 5 rings (SSSR count). The third-order valence-electron chi connectivity index (χ3n) is 5.67. The fraction of sp³-hybridized carbons (Fsp3) is 0.273. The van der Waals surface area contributed by atoms with Crippen molar-refractivity contribution in [1.29, 1.82) is 0 Å². The van der Waals surface area contributed by atoms with E-state index in [2.05, 4.69) is 22.3 Å². The molecule has 0 bridgehead atoms. The molecular formula is C22H23N3O2S2. The SMILES string of the molecule is Cc1ccc2sc(S(=O)(=O)n3ccc4c(N5CCNCC5)cccc43)c(C)c2c1. The predicted molar refractivity (Wildman–Crippen MR) is 121 cm³/mol. The summed E-state index contributed by atoms with van der Waals surface area (Å²) in [5.74, 6) is 0. The molecule has 7 heteroatoms. The number of aryl methyl sites for hydroxylation is 2. The highest BCUT2D eigenvalue weighted by Crippen LogP contribution is 2.37. The van der Waals surface area contributed by atoms with Crippen LogP contribution in [0.25, 0.3) is 21.0 Å². The number of nitrogens with one attached hydrogen (secondary N) is 1. The summed E-state index contributed by atoms with van der Waals surface area (Å²) in [5, 5.41) is 5.36. The molecule has 150 valence electrons. The molecule has 0 aliphatic carbocycles. The van der Waals surface area contributed by atoms with E-state index in [4.69, 9.17) is 0 Å². The number of fused-ring (bicyclic) bond motifs is 2. The first-order valence-corrected chi connectivity index (χ1v) is 12.0. The van der Waals surface area contributed by atoms with Gasteiger partial charge in [0.1, 0.15) is 4.21 Å². The van der Waals surface area contributed by atoms with Crippen LogP contribution in [0, 0.1) is 13.8 Å². The van der Waals surface area contributed by atoms with Gasteiger partial charge >= 0.3 is 0 Å². The van der Waals surface area contributed by atoms with Crippen LogP contribution in [-0.2, 0) is 10.0 Å². The minimum atomic E-state index is -3.67. The second-order valence-electron chi connectivity index (χ2n) is 7.58. The number of thiophene rings is 1. The molecule has 2 aromatic heterocycles. The molecule has 3 heterocycles. The van der Waals surface area contributed by atoms with Crippen molar-refractivity contribution < 1.29 is 8.42 Å². The maximum atomic E-state index is 13.6. The number of anilines is 1. The Labute approximate surface area is 174 Å². The fourth-order valence-corrected chi connectivity index (χ4v) is 7.33. The largest absolute Gasteiger partial charge is 0.368 e. The minimum absolute atomic E-state index is 0.420. The molecule has 0 saturated carbocycles. The average Bonchev–Trinajstić information content (AvgIpc) is 3.31. The molecule has 1 aliphatic rings. The molecule has 0 radical (unpaired) electrons. The summed E-state index contributed by atoms with van der Waals surface area (Å²) in [6, 6.07) is 14.0. The van der Waals surface area contributed by atoms with Gasteiger partial charge in [0.05, 0.1) is 5.52 Å². The van der Waals surface area contributed by atoms with E-state index in [0.717, 1.165) is 64.0 Å². The van der Waals surface area contributed by atoms with Crippen LogP contribution in [0.1, 0.15) is 11.1 Å². The second kappa shape index (κ2) is 6.86. The van der Waals surface area contributed by atoms with E-state index in [1.165, 1.54) is 15.3 Å². The van der Waals surface area contributed by atoms with Gasteiger partial charge in [0.2, 0.25) is 0 Å². The third-order valence-corrected chi connectivity index (χ3v) is 9.23. The zero-order chi connectivity index (χ0) is 20.2. The highest BCUT2D eigenvalue weighted by molar-refractivity contribution is 7.92. The molecule has 1 fully saturated rings. The summed E-state index contributed by atoms with van der Waals surface area (Å²) in [4.78, 5) is 2.32. The van der Waals surface area contributed by atoms with Gasteiger partial charge in [-0.1, -0.05) is 23.8 Å². The van der Waals surface area contributed by atoms with E-state index in [9.17, 15) is 8.42 Å². The topological polar surface area (TPSA) is 54.3 Å². The first-order chi connectivity index (χ1) is 14.0. The van der Waals surface area contributed by atoms with Gasteiger partial charge in [-0.15, -0.1) is 11.3 Å². The van der Waals surface area contributed by atoms with Crippen LogP contribution in [0.5, 0.6) is 0 Å². The van der Waals surface area contributed by atoms with Gasteiger partial charge in [-0.25, -0.2) is 3.97 Å². The van der Waals surface area contributed by atoms with Gasteiger partial charge in [0, 0.05) is 48.1 Å². The molecule has 0 unspecified atom stereocenters. The van der Waals surface area contributed by atoms with Gasteiger partial charge in [-0.3, -0.25) is 0 Å². The molecular weight excluding hydrogens is 402 g/mol. The fourth-order valence-electron chi connectivity index (χ4n) is 4.17. The Kier molecular flexibility index (Phi) is 4.42. The molecule has 4 aromatic rings. The summed E-state index contributed by atoms with van der Waals surface area (Å²) < 4.78 is 30.1. The number of piperazine rings is 1. The number of rotatable bonds is 3. The maximum absolute atomic E-state index is 13.6. The number of hydrogen-bond donors (Lipinski definition) is 1. The molecule has 2 aromatic carbocycles. The Balaban J connectivity index is 1.66. The standard InChI is InChI=1S/C22H23N3O2S2/c1-15-6-7-21-18(14-15)16(2)22(28-21)29(26,27)25-11-8-17-19(4-3-5-20(17)25)24-12-9-23-10-13-24/h3-8,11,14,23H,9-10,12-13H2,1-2H3. The lowest BCUT2D eigenvalue weighted by atomic mass is 10.1. The van der Waals surface area contributed by atoms with Crippen LogP contribution in [0.3, 0.4) is 0 Å². The molecule has 0 atom stereocenters. The van der Waals surface area contributed by atoms with Crippen LogP contribution in [-0.4, -0.2) is 38.6 Å². The summed E-state index contributed by atoms with van der Waals surface area (Å²) in [7, 11) is -3.67. The molecule has 1 N–H and O–H groups in total. The lowest BCUT2D eigenvalue weighted by Gasteiger charge is -2.30. The van der Waals surface area contributed by atoms with E-state index < -0.39 is 10.0 Å². The monoisotopic (exact) mass is 425 g/mol. The molecule has 5 nitrogen and oxygen atoms in total. The van der Waals surface area contributed by atoms with Crippen LogP contribution >= 0.6 is 11.3 Å². The summed E-state index contributed by atoms with van der Waals surface area (Å²) >= 11 is 1.35. The van der Waals surface area contributed by atoms with Crippen LogP contribution in [0.4, 0.5) is 5.69 Å². The molecule has 29 heavy (non-hydrogen) atoms. The smallest absolute Gasteiger partial charge is 0.277 e. The quantitative estimate of drug-likeness (QED) is 0.537. The summed E-state index contributed by atoms with van der Waals surface area (Å²) in [6.45, 7) is 7.66. The molecule has 0 spiro atoms. The van der Waals surface area contributed by atoms with Gasteiger partial charge in [-0.2, -0.15) is 8.42 Å². The van der Waals surface area contributed by atoms with E-state index in [1.807, 2.05) is 44.2 Å². The van der Waals surface area contributed by atoms with E-state index >= 15 is 0 Å². The summed E-state index contributed by atoms with van der Waals surface area (Å²) in [5.41, 5.74) is 3.79. The van der Waals surface area contributed by atoms with Crippen molar-refractivity contribution in [3.63, 3.8) is 0 Å². The minimum Gasteiger partial charge on any atom is -0.368 e. The third kappa shape index (κ3) is 2.96. The van der Waals surface area contributed by atoms with Crippen molar-refractivity contribution in [1.82, 2.24) is 9.29 Å². The van der Waals surface area contributed by atoms with Gasteiger partial charge < -0.3 is 10.2 Å². The Hall–Kier alpha value is -2.35. The zero-order valence-corrected chi connectivity index (χ0v) is 18.1. The Morgan fingerprint density at radius 1 is 1.00 bits per heavy atom. The Bertz CT molecular complexity index is 1330.